The van der Waals surface area contributed by atoms with Crippen LogP contribution in [0.4, 0.5) is 4.39 Å². The average Bonchev–Trinajstić information content (AvgIpc) is 1.77. The summed E-state index contributed by atoms with van der Waals surface area (Å²) in [6.45, 7) is 77.1. The Morgan fingerprint density at radius 2 is 0.578 bits per heavy atom. The highest BCUT2D eigenvalue weighted by Crippen LogP contribution is 2.40. The van der Waals surface area contributed by atoms with E-state index in [9.17, 15) is 4.39 Å². The van der Waals surface area contributed by atoms with Crippen LogP contribution >= 0.6 is 11.3 Å². The Kier molecular flexibility index (Phi) is 31.5. The predicted octanol–water partition coefficient (Wildman–Crippen LogP) is 36.7. The van der Waals surface area contributed by atoms with Gasteiger partial charge in [-0.25, -0.2) is 24.3 Å². The van der Waals surface area contributed by atoms with Gasteiger partial charge in [-0.05, 0) is 216 Å². The van der Waals surface area contributed by atoms with Gasteiger partial charge in [-0.15, -0.1) is 11.3 Å². The molecule has 0 saturated carbocycles. The zero-order valence-corrected chi connectivity index (χ0v) is 89.0. The summed E-state index contributed by atoms with van der Waals surface area (Å²) in [5, 5.41) is 3.38. The van der Waals surface area contributed by atoms with Crippen molar-refractivity contribution < 1.29 is 4.39 Å². The molecule has 704 valence electrons. The smallest absolute Gasteiger partial charge is 0.134 e. The topological polar surface area (TPSA) is 77.3 Å². The number of benzene rings is 12. The molecule has 6 nitrogen and oxygen atoms in total. The van der Waals surface area contributed by atoms with Crippen LogP contribution in [0.1, 0.15) is 316 Å². The Hall–Kier alpha value is -11.5. The van der Waals surface area contributed by atoms with Gasteiger partial charge in [0.05, 0.1) is 38.0 Å². The Bertz CT molecular complexity index is 6540. The lowest BCUT2D eigenvalue weighted by Crippen LogP contribution is -2.15. The number of halogens is 1. The summed E-state index contributed by atoms with van der Waals surface area (Å²) in [5.74, 6) is 1.32. The first kappa shape index (κ1) is 104. The maximum Gasteiger partial charge on any atom is 0.134 e. The van der Waals surface area contributed by atoms with Crippen LogP contribution in [0.15, 0.2) is 285 Å². The average molecular weight is 1810 g/mol. The molecule has 0 aliphatic heterocycles. The predicted molar refractivity (Wildman–Crippen MR) is 586 cm³/mol. The Balaban J connectivity index is 0.000000156. The quantitative estimate of drug-likeness (QED) is 0.158. The van der Waals surface area contributed by atoms with E-state index in [0.29, 0.717) is 5.92 Å². The highest BCUT2D eigenvalue weighted by Gasteiger charge is 2.26. The zero-order valence-electron chi connectivity index (χ0n) is 88.2. The van der Waals surface area contributed by atoms with Crippen molar-refractivity contribution in [1.29, 1.82) is 0 Å². The Morgan fingerprint density at radius 1 is 0.230 bits per heavy atom. The molecule has 135 heavy (non-hydrogen) atoms. The summed E-state index contributed by atoms with van der Waals surface area (Å²) < 4.78 is 15.6. The summed E-state index contributed by atoms with van der Waals surface area (Å²) in [6.07, 6.45) is 3.84. The minimum atomic E-state index is -0.168. The van der Waals surface area contributed by atoms with Crippen molar-refractivity contribution in [2.24, 2.45) is 0 Å². The molecule has 0 aliphatic rings. The largest absolute Gasteiger partial charge is 0.253 e. The molecule has 16 aromatic rings. The number of fused-ring (bicyclic) bond motifs is 4. The fraction of sp³-hybridized carbons (Fsp3) is 0.370. The lowest BCUT2D eigenvalue weighted by molar-refractivity contribution is 0.523. The molecule has 0 spiro atoms. The minimum absolute atomic E-state index is 0.0165. The fourth-order valence-electron chi connectivity index (χ4n) is 15.7. The van der Waals surface area contributed by atoms with Crippen molar-refractivity contribution in [2.45, 2.75) is 308 Å². The molecule has 0 saturated heterocycles. The van der Waals surface area contributed by atoms with E-state index >= 15 is 0 Å². The van der Waals surface area contributed by atoms with Gasteiger partial charge < -0.3 is 0 Å². The maximum atomic E-state index is 14.3. The molecule has 0 atom stereocenters. The highest BCUT2D eigenvalue weighted by molar-refractivity contribution is 7.21. The molecule has 0 fully saturated rings. The van der Waals surface area contributed by atoms with Gasteiger partial charge in [0.1, 0.15) is 16.6 Å². The monoisotopic (exact) mass is 1810 g/mol. The fourth-order valence-corrected chi connectivity index (χ4v) is 16.7. The molecule has 12 aromatic carbocycles. The number of hydrogen-bond donors (Lipinski definition) is 0. The molecule has 0 radical (unpaired) electrons. The van der Waals surface area contributed by atoms with Crippen molar-refractivity contribution in [2.75, 3.05) is 0 Å². The standard InChI is InChI=1S/C23H27N.C22H26N2.C21H24N2.C21H25NS.C20H25F.C20H26/c1-22(2,3)19-11-7-16(8-12-19)17-9-13-20-18(15-17)10-14-21(24-20)23(4,5)6;1-21(2,3)17-10-7-15(8-11-17)16-9-12-18-19(13-16)23-14-20(24-18)22(4,5)6;1-14(2)15-6-8-16(9-7-15)17-10-11-19-18(12-17)13-22-20(23-19)21(3,4)5;1-20(2,3)15-9-7-14(8-10-15)19-22-17-12-11-16(21(4,5)6)13-18(17)23-19;1-19(2,3)16-10-7-14(8-11-16)15-9-12-17(18(21)13-15)20(4,5)6;1-19(2,3)17-12-10-15(11-13-17)16-8-7-9-18(14-16)20(4,5)6/h7-15H,1-6H3;7-14H,1-6H3;6-14H,1-5H3;7-13H,1-6H3;7-13H,1-6H3;7-14H,1-6H3. The SMILES string of the molecule is CC(C)(C)c1ccc(-c2ccc(C(C)(C)C)c(F)c2)cc1.CC(C)(C)c1ccc(-c2ccc3nc(C(C)(C)C)ccc3c2)cc1.CC(C)(C)c1ccc(-c2ccc3nc(C(C)(C)C)cnc3c2)cc1.CC(C)(C)c1ccc(-c2cccc(C(C)(C)C)c2)cc1.CC(C)(C)c1ccc(-c2nc3ccc(C(C)(C)C)cc3s2)cc1.CC(C)c1ccc(-c2ccc3nc(C(C)(C)C)ncc3c2)cc1. The zero-order chi connectivity index (χ0) is 99.3. The van der Waals surface area contributed by atoms with Crippen LogP contribution in [-0.2, 0) is 59.6 Å². The lowest BCUT2D eigenvalue weighted by atomic mass is 9.84. The second-order valence-corrected chi connectivity index (χ2v) is 49.5. The first-order chi connectivity index (χ1) is 62.5. The van der Waals surface area contributed by atoms with Crippen LogP contribution in [0.3, 0.4) is 0 Å². The number of hydrogen-bond acceptors (Lipinski definition) is 7. The number of rotatable bonds is 7. The van der Waals surface area contributed by atoms with Gasteiger partial charge in [-0.3, -0.25) is 9.97 Å². The molecular weight excluding hydrogens is 1660 g/mol. The molecule has 0 aliphatic carbocycles. The van der Waals surface area contributed by atoms with Crippen LogP contribution in [0, 0.1) is 5.82 Å². The molecule has 0 bridgehead atoms. The summed E-state index contributed by atoms with van der Waals surface area (Å²) >= 11 is 1.78. The van der Waals surface area contributed by atoms with Gasteiger partial charge in [0, 0.05) is 50.7 Å². The first-order valence-electron chi connectivity index (χ1n) is 48.5. The second-order valence-electron chi connectivity index (χ2n) is 48.4. The van der Waals surface area contributed by atoms with Crippen molar-refractivity contribution in [3.63, 3.8) is 0 Å². The van der Waals surface area contributed by atoms with Crippen molar-refractivity contribution in [3.8, 4) is 66.2 Å². The number of aromatic nitrogens is 6. The van der Waals surface area contributed by atoms with E-state index in [-0.39, 0.29) is 65.4 Å². The van der Waals surface area contributed by atoms with Crippen molar-refractivity contribution >= 4 is 54.4 Å². The van der Waals surface area contributed by atoms with E-state index < -0.39 is 0 Å². The molecule has 16 rings (SSSR count). The first-order valence-corrected chi connectivity index (χ1v) is 49.3. The number of pyridine rings is 1. The van der Waals surface area contributed by atoms with Gasteiger partial charge in [-0.1, -0.05) is 455 Å². The van der Waals surface area contributed by atoms with E-state index in [1.165, 1.54) is 105 Å². The molecule has 0 N–H and O–H groups in total. The third kappa shape index (κ3) is 27.9. The molecule has 0 unspecified atom stereocenters. The van der Waals surface area contributed by atoms with Gasteiger partial charge >= 0.3 is 0 Å². The van der Waals surface area contributed by atoms with Crippen LogP contribution in [0.25, 0.3) is 109 Å². The van der Waals surface area contributed by atoms with E-state index in [4.69, 9.17) is 19.9 Å². The van der Waals surface area contributed by atoms with E-state index in [0.717, 1.165) is 71.9 Å². The summed E-state index contributed by atoms with van der Waals surface area (Å²) in [5.41, 5.74) is 33.2. The summed E-state index contributed by atoms with van der Waals surface area (Å²) in [6, 6.07) is 97.5. The number of nitrogens with zero attached hydrogens (tertiary/aromatic N) is 6. The van der Waals surface area contributed by atoms with Crippen molar-refractivity contribution in [3.05, 3.63) is 358 Å². The molecular formula is C127H153FN6S. The summed E-state index contributed by atoms with van der Waals surface area (Å²) in [7, 11) is 0. The lowest BCUT2D eigenvalue weighted by Gasteiger charge is -2.21. The maximum absolute atomic E-state index is 14.3. The van der Waals surface area contributed by atoms with Gasteiger partial charge in [0.15, 0.2) is 0 Å². The second kappa shape index (κ2) is 40.8. The number of thiazole rings is 1. The molecule has 4 heterocycles. The van der Waals surface area contributed by atoms with Crippen LogP contribution in [0.2, 0.25) is 0 Å². The molecule has 8 heteroatoms. The van der Waals surface area contributed by atoms with Gasteiger partial charge in [-0.2, -0.15) is 0 Å². The Labute approximate surface area is 815 Å². The third-order valence-electron chi connectivity index (χ3n) is 25.0. The van der Waals surface area contributed by atoms with Gasteiger partial charge in [0.2, 0.25) is 0 Å². The van der Waals surface area contributed by atoms with E-state index in [2.05, 4.69) is 486 Å². The third-order valence-corrected chi connectivity index (χ3v) is 26.1. The minimum Gasteiger partial charge on any atom is -0.253 e. The van der Waals surface area contributed by atoms with Crippen LogP contribution in [0.5, 0.6) is 0 Å². The van der Waals surface area contributed by atoms with E-state index in [1.807, 2.05) is 45.3 Å². The van der Waals surface area contributed by atoms with Crippen molar-refractivity contribution in [1.82, 2.24) is 29.9 Å². The highest BCUT2D eigenvalue weighted by atomic mass is 32.1. The normalized spacial score (nSPS) is 12.5. The molecule has 4 aromatic heterocycles. The van der Waals surface area contributed by atoms with E-state index in [1.54, 1.807) is 17.4 Å². The van der Waals surface area contributed by atoms with Crippen LogP contribution < -0.4 is 0 Å². The molecule has 0 amide bonds. The Morgan fingerprint density at radius 3 is 0.985 bits per heavy atom. The van der Waals surface area contributed by atoms with Crippen LogP contribution in [-0.4, -0.2) is 29.9 Å². The van der Waals surface area contributed by atoms with Gasteiger partial charge in [0.25, 0.3) is 0 Å². The summed E-state index contributed by atoms with van der Waals surface area (Å²) in [4.78, 5) is 28.3.